The first kappa shape index (κ1) is 20.2. The van der Waals surface area contributed by atoms with Crippen molar-refractivity contribution in [1.29, 1.82) is 0 Å². The van der Waals surface area contributed by atoms with Crippen LogP contribution in [0.2, 0.25) is 0 Å². The molecule has 2 aromatic rings. The van der Waals surface area contributed by atoms with Crippen molar-refractivity contribution in [2.24, 2.45) is 5.10 Å². The molecule has 2 amide bonds. The number of nitrogens with zero attached hydrogens (tertiary/aromatic N) is 2. The third-order valence-corrected chi connectivity index (χ3v) is 4.83. The maximum absolute atomic E-state index is 12.4. The van der Waals surface area contributed by atoms with E-state index in [1.54, 1.807) is 33.4 Å². The summed E-state index contributed by atoms with van der Waals surface area (Å²) in [5.74, 6) is 0.126. The van der Waals surface area contributed by atoms with Crippen LogP contribution in [0.25, 0.3) is 0 Å². The van der Waals surface area contributed by atoms with E-state index in [1.807, 2.05) is 19.1 Å². The van der Waals surface area contributed by atoms with E-state index < -0.39 is 5.97 Å². The second-order valence-electron chi connectivity index (χ2n) is 6.65. The molecule has 2 N–H and O–H groups in total. The number of carboxylic acid groups (broad SMARTS) is 1. The van der Waals surface area contributed by atoms with Gasteiger partial charge in [-0.2, -0.15) is 5.10 Å². The number of rotatable bonds is 4. The molecule has 0 unspecified atom stereocenters. The highest BCUT2D eigenvalue weighted by molar-refractivity contribution is 6.14. The smallest absolute Gasteiger partial charge is 0.337 e. The quantitative estimate of drug-likeness (QED) is 0.826. The van der Waals surface area contributed by atoms with Crippen LogP contribution in [0.1, 0.15) is 34.0 Å². The fourth-order valence-corrected chi connectivity index (χ4v) is 3.32. The number of nitrogens with one attached hydrogen (secondary N) is 1. The zero-order chi connectivity index (χ0) is 21.1. The number of fused-ring (bicyclic) bond motifs is 1. The average Bonchev–Trinajstić information content (AvgIpc) is 2.87. The molecule has 1 aliphatic rings. The van der Waals surface area contributed by atoms with E-state index >= 15 is 0 Å². The van der Waals surface area contributed by atoms with Gasteiger partial charge in [-0.15, -0.1) is 0 Å². The van der Waals surface area contributed by atoms with Crippen LogP contribution in [-0.2, 0) is 6.42 Å². The minimum atomic E-state index is -1.01. The lowest BCUT2D eigenvalue weighted by Gasteiger charge is -2.22. The predicted molar refractivity (Wildman–Crippen MR) is 108 cm³/mol. The van der Waals surface area contributed by atoms with Gasteiger partial charge < -0.3 is 19.9 Å². The highest BCUT2D eigenvalue weighted by Crippen LogP contribution is 2.34. The third-order valence-electron chi connectivity index (χ3n) is 4.83. The van der Waals surface area contributed by atoms with Crippen molar-refractivity contribution < 1.29 is 24.2 Å². The molecule has 0 bridgehead atoms. The summed E-state index contributed by atoms with van der Waals surface area (Å²) in [7, 11) is 4.68. The topological polar surface area (TPSA) is 100 Å². The minimum Gasteiger partial charge on any atom is -0.493 e. The molecule has 29 heavy (non-hydrogen) atoms. The van der Waals surface area contributed by atoms with Gasteiger partial charge in [-0.1, -0.05) is 12.1 Å². The second-order valence-corrected chi connectivity index (χ2v) is 6.65. The van der Waals surface area contributed by atoms with Crippen LogP contribution in [0.4, 0.5) is 4.79 Å². The molecule has 0 aromatic heterocycles. The Morgan fingerprint density at radius 2 is 1.76 bits per heavy atom. The minimum absolute atomic E-state index is 0.173. The van der Waals surface area contributed by atoms with Gasteiger partial charge in [0.15, 0.2) is 11.5 Å². The van der Waals surface area contributed by atoms with Gasteiger partial charge in [0.05, 0.1) is 31.5 Å². The Balaban J connectivity index is 2.22. The first-order valence-corrected chi connectivity index (χ1v) is 9.08. The third kappa shape index (κ3) is 3.87. The van der Waals surface area contributed by atoms with Gasteiger partial charge in [0.1, 0.15) is 0 Å². The number of hydrogen-bond acceptors (Lipinski definition) is 5. The molecular weight excluding hydrogens is 374 g/mol. The molecule has 0 saturated heterocycles. The molecule has 1 atom stereocenters. The Morgan fingerprint density at radius 1 is 1.14 bits per heavy atom. The lowest BCUT2D eigenvalue weighted by atomic mass is 9.93. The van der Waals surface area contributed by atoms with Crippen LogP contribution in [0.5, 0.6) is 11.5 Å². The molecule has 1 aliphatic heterocycles. The number of aromatic carboxylic acids is 1. The highest BCUT2D eigenvalue weighted by Gasteiger charge is 2.28. The number of hydrogen-bond donors (Lipinski definition) is 2. The number of amides is 2. The van der Waals surface area contributed by atoms with Crippen molar-refractivity contribution in [3.05, 3.63) is 58.7 Å². The average molecular weight is 397 g/mol. The Labute approximate surface area is 168 Å². The van der Waals surface area contributed by atoms with Crippen LogP contribution >= 0.6 is 0 Å². The Hall–Kier alpha value is -3.55. The van der Waals surface area contributed by atoms with Gasteiger partial charge in [0, 0.05) is 18.2 Å². The van der Waals surface area contributed by atoms with Gasteiger partial charge in [-0.05, 0) is 43.2 Å². The molecule has 0 aliphatic carbocycles. The summed E-state index contributed by atoms with van der Waals surface area (Å²) < 4.78 is 10.9. The number of hydrazone groups is 1. The number of benzene rings is 2. The van der Waals surface area contributed by atoms with Gasteiger partial charge in [0.25, 0.3) is 0 Å². The Bertz CT molecular complexity index is 969. The summed E-state index contributed by atoms with van der Waals surface area (Å²) in [6.07, 6.45) is 0.559. The summed E-state index contributed by atoms with van der Waals surface area (Å²) in [6, 6.07) is 9.57. The SMILES string of the molecule is CNC(=O)N1N=C(c2ccc(C(=O)O)cc2)c2cc(OC)c(OC)cc2C[C@@H]1C. The van der Waals surface area contributed by atoms with Crippen LogP contribution in [0, 0.1) is 0 Å². The molecule has 8 nitrogen and oxygen atoms in total. The number of carboxylic acids is 1. The van der Waals surface area contributed by atoms with Gasteiger partial charge >= 0.3 is 12.0 Å². The molecule has 3 rings (SSSR count). The molecule has 0 radical (unpaired) electrons. The van der Waals surface area contributed by atoms with Crippen molar-refractivity contribution in [2.45, 2.75) is 19.4 Å². The van der Waals surface area contributed by atoms with Crippen molar-refractivity contribution in [1.82, 2.24) is 10.3 Å². The maximum atomic E-state index is 12.4. The second kappa shape index (κ2) is 8.22. The monoisotopic (exact) mass is 397 g/mol. The molecule has 8 heteroatoms. The molecule has 0 fully saturated rings. The van der Waals surface area contributed by atoms with Crippen molar-refractivity contribution in [3.8, 4) is 11.5 Å². The Kier molecular flexibility index (Phi) is 5.72. The standard InChI is InChI=1S/C21H23N3O5/c1-12-9-15-10-17(28-3)18(29-4)11-16(15)19(23-24(12)21(27)22-2)13-5-7-14(8-6-13)20(25)26/h5-8,10-12H,9H2,1-4H3,(H,22,27)(H,25,26)/t12-/m0/s1. The highest BCUT2D eigenvalue weighted by atomic mass is 16.5. The molecule has 0 spiro atoms. The number of carbonyl (C=O) groups excluding carboxylic acids is 1. The molecule has 152 valence electrons. The summed E-state index contributed by atoms with van der Waals surface area (Å²) in [4.78, 5) is 23.6. The van der Waals surface area contributed by atoms with Crippen LogP contribution in [0.3, 0.4) is 0 Å². The van der Waals surface area contributed by atoms with Crippen LogP contribution < -0.4 is 14.8 Å². The summed E-state index contributed by atoms with van der Waals surface area (Å²) in [5, 5.41) is 17.8. The van der Waals surface area contributed by atoms with E-state index in [9.17, 15) is 14.7 Å². The lowest BCUT2D eigenvalue weighted by molar-refractivity contribution is 0.0697. The molecule has 2 aromatic carbocycles. The lowest BCUT2D eigenvalue weighted by Crippen LogP contribution is -2.41. The Morgan fingerprint density at radius 3 is 2.31 bits per heavy atom. The summed E-state index contributed by atoms with van der Waals surface area (Å²) in [6.45, 7) is 1.91. The van der Waals surface area contributed by atoms with E-state index in [-0.39, 0.29) is 17.6 Å². The largest absolute Gasteiger partial charge is 0.493 e. The zero-order valence-electron chi connectivity index (χ0n) is 16.7. The fourth-order valence-electron chi connectivity index (χ4n) is 3.32. The zero-order valence-corrected chi connectivity index (χ0v) is 16.7. The first-order valence-electron chi connectivity index (χ1n) is 9.08. The molecule has 0 saturated carbocycles. The first-order chi connectivity index (χ1) is 13.9. The van der Waals surface area contributed by atoms with Gasteiger partial charge in [-0.25, -0.2) is 14.6 Å². The number of urea groups is 1. The van der Waals surface area contributed by atoms with Crippen molar-refractivity contribution in [2.75, 3.05) is 21.3 Å². The fraction of sp³-hybridized carbons (Fsp3) is 0.286. The van der Waals surface area contributed by atoms with E-state index in [0.717, 1.165) is 11.1 Å². The number of methoxy groups -OCH3 is 2. The van der Waals surface area contributed by atoms with E-state index in [0.29, 0.717) is 29.2 Å². The predicted octanol–water partition coefficient (Wildman–Crippen LogP) is 2.74. The van der Waals surface area contributed by atoms with Crippen LogP contribution in [-0.4, -0.2) is 55.1 Å². The van der Waals surface area contributed by atoms with Crippen molar-refractivity contribution in [3.63, 3.8) is 0 Å². The van der Waals surface area contributed by atoms with E-state index in [4.69, 9.17) is 9.47 Å². The maximum Gasteiger partial charge on any atom is 0.337 e. The normalized spacial score (nSPS) is 15.7. The molecular formula is C21H23N3O5. The van der Waals surface area contributed by atoms with Gasteiger partial charge in [-0.3, -0.25) is 0 Å². The summed E-state index contributed by atoms with van der Waals surface area (Å²) >= 11 is 0. The van der Waals surface area contributed by atoms with E-state index in [1.165, 1.54) is 17.1 Å². The van der Waals surface area contributed by atoms with Crippen molar-refractivity contribution >= 4 is 17.7 Å². The molecule has 1 heterocycles. The van der Waals surface area contributed by atoms with Gasteiger partial charge in [0.2, 0.25) is 0 Å². The number of ether oxygens (including phenoxy) is 2. The summed E-state index contributed by atoms with van der Waals surface area (Å²) in [5.41, 5.74) is 3.15. The number of carbonyl (C=O) groups is 2. The van der Waals surface area contributed by atoms with Crippen LogP contribution in [0.15, 0.2) is 41.5 Å². The van der Waals surface area contributed by atoms with E-state index in [2.05, 4.69) is 10.4 Å².